The van der Waals surface area contributed by atoms with E-state index in [1.165, 1.54) is 30.9 Å². The third kappa shape index (κ3) is 6.30. The van der Waals surface area contributed by atoms with Gasteiger partial charge in [0.05, 0.1) is 38.0 Å². The third-order valence-electron chi connectivity index (χ3n) is 5.68. The Morgan fingerprint density at radius 3 is 2.62 bits per heavy atom. The van der Waals surface area contributed by atoms with Gasteiger partial charge in [-0.1, -0.05) is 12.1 Å². The molecule has 2 fully saturated rings. The number of methoxy groups -OCH3 is 2. The lowest BCUT2D eigenvalue weighted by molar-refractivity contribution is -0.142. The van der Waals surface area contributed by atoms with Gasteiger partial charge in [-0.15, -0.1) is 0 Å². The summed E-state index contributed by atoms with van der Waals surface area (Å²) in [6.45, 7) is 1.93. The lowest BCUT2D eigenvalue weighted by Crippen LogP contribution is -2.40. The van der Waals surface area contributed by atoms with Crippen molar-refractivity contribution in [2.75, 3.05) is 54.2 Å². The van der Waals surface area contributed by atoms with E-state index < -0.39 is 5.97 Å². The number of thioether (sulfide) groups is 1. The van der Waals surface area contributed by atoms with Crippen molar-refractivity contribution in [3.8, 4) is 11.5 Å². The molecule has 0 radical (unpaired) electrons. The monoisotopic (exact) mass is 525 g/mol. The van der Waals surface area contributed by atoms with Gasteiger partial charge in [-0.3, -0.25) is 14.5 Å². The summed E-state index contributed by atoms with van der Waals surface area (Å²) in [6.07, 6.45) is 1.73. The van der Waals surface area contributed by atoms with Gasteiger partial charge < -0.3 is 23.8 Å². The van der Waals surface area contributed by atoms with Gasteiger partial charge in [0.25, 0.3) is 11.8 Å². The Morgan fingerprint density at radius 1 is 1.11 bits per heavy atom. The summed E-state index contributed by atoms with van der Waals surface area (Å²) in [7, 11) is 4.43. The van der Waals surface area contributed by atoms with Crippen LogP contribution < -0.4 is 9.47 Å². The molecule has 0 atom stereocenters. The van der Waals surface area contributed by atoms with Crippen LogP contribution in [-0.4, -0.2) is 86.9 Å². The number of amidine groups is 1. The van der Waals surface area contributed by atoms with Crippen molar-refractivity contribution < 1.29 is 33.3 Å². The first-order valence-electron chi connectivity index (χ1n) is 11.5. The zero-order chi connectivity index (χ0) is 26.4. The Hall–Kier alpha value is -3.83. The number of amides is 2. The molecule has 0 N–H and O–H groups in total. The van der Waals surface area contributed by atoms with Crippen molar-refractivity contribution in [3.63, 3.8) is 0 Å². The number of ether oxygens (including phenoxy) is 4. The van der Waals surface area contributed by atoms with E-state index in [9.17, 15) is 14.4 Å². The minimum atomic E-state index is -0.507. The fourth-order valence-electron chi connectivity index (χ4n) is 3.66. The zero-order valence-corrected chi connectivity index (χ0v) is 21.6. The maximum Gasteiger partial charge on any atom is 0.343 e. The number of likely N-dealkylation sites (N-methyl/N-ethyl adjacent to an activating group) is 1. The SMILES string of the molecule is COC(=O)COc1ccc(/C=C2/SC(=Nc3cccc(C(=O)N4CCOCC4)c3)N(C)C2=O)cc1OC. The number of carbonyl (C=O) groups excluding carboxylic acids is 3. The van der Waals surface area contributed by atoms with Crippen molar-refractivity contribution in [1.82, 2.24) is 9.80 Å². The second-order valence-electron chi connectivity index (χ2n) is 8.10. The summed E-state index contributed by atoms with van der Waals surface area (Å²) < 4.78 is 20.7. The van der Waals surface area contributed by atoms with E-state index in [-0.39, 0.29) is 18.4 Å². The molecular weight excluding hydrogens is 498 g/mol. The van der Waals surface area contributed by atoms with Crippen LogP contribution in [0.3, 0.4) is 0 Å². The van der Waals surface area contributed by atoms with E-state index in [2.05, 4.69) is 9.73 Å². The van der Waals surface area contributed by atoms with Gasteiger partial charge in [0.15, 0.2) is 23.3 Å². The first kappa shape index (κ1) is 26.2. The van der Waals surface area contributed by atoms with Gasteiger partial charge in [-0.2, -0.15) is 0 Å². The summed E-state index contributed by atoms with van der Waals surface area (Å²) in [5, 5.41) is 0.497. The molecule has 2 aliphatic rings. The lowest BCUT2D eigenvalue weighted by atomic mass is 10.1. The molecule has 194 valence electrons. The molecule has 0 unspecified atom stereocenters. The van der Waals surface area contributed by atoms with Gasteiger partial charge >= 0.3 is 5.97 Å². The van der Waals surface area contributed by atoms with Crippen LogP contribution in [0.15, 0.2) is 52.4 Å². The highest BCUT2D eigenvalue weighted by Crippen LogP contribution is 2.35. The number of rotatable bonds is 7. The molecule has 4 rings (SSSR count). The Morgan fingerprint density at radius 2 is 1.89 bits per heavy atom. The van der Waals surface area contributed by atoms with E-state index >= 15 is 0 Å². The number of benzene rings is 2. The van der Waals surface area contributed by atoms with Crippen LogP contribution in [0, 0.1) is 0 Å². The third-order valence-corrected chi connectivity index (χ3v) is 6.74. The molecule has 37 heavy (non-hydrogen) atoms. The average Bonchev–Trinajstić information content (AvgIpc) is 3.19. The van der Waals surface area contributed by atoms with Crippen LogP contribution in [0.5, 0.6) is 11.5 Å². The molecule has 2 aromatic carbocycles. The summed E-state index contributed by atoms with van der Waals surface area (Å²) in [5.41, 5.74) is 1.83. The first-order chi connectivity index (χ1) is 17.9. The smallest absolute Gasteiger partial charge is 0.343 e. The van der Waals surface area contributed by atoms with Crippen molar-refractivity contribution in [2.45, 2.75) is 0 Å². The zero-order valence-electron chi connectivity index (χ0n) is 20.8. The molecule has 11 heteroatoms. The molecule has 0 saturated carbocycles. The topological polar surface area (TPSA) is 107 Å². The highest BCUT2D eigenvalue weighted by Gasteiger charge is 2.30. The summed E-state index contributed by atoms with van der Waals surface area (Å²) in [4.78, 5) is 45.4. The van der Waals surface area contributed by atoms with E-state index in [0.29, 0.717) is 64.7 Å². The highest BCUT2D eigenvalue weighted by atomic mass is 32.2. The molecule has 2 aliphatic heterocycles. The molecule has 0 bridgehead atoms. The molecule has 0 aromatic heterocycles. The van der Waals surface area contributed by atoms with Crippen molar-refractivity contribution >= 4 is 46.5 Å². The second kappa shape index (κ2) is 11.9. The average molecular weight is 526 g/mol. The Bertz CT molecular complexity index is 1250. The minimum absolute atomic E-state index is 0.0672. The molecule has 2 saturated heterocycles. The second-order valence-corrected chi connectivity index (χ2v) is 9.11. The molecule has 0 spiro atoms. The van der Waals surface area contributed by atoms with Crippen molar-refractivity contribution in [3.05, 3.63) is 58.5 Å². The summed E-state index contributed by atoms with van der Waals surface area (Å²) >= 11 is 1.24. The highest BCUT2D eigenvalue weighted by molar-refractivity contribution is 8.18. The predicted octanol–water partition coefficient (Wildman–Crippen LogP) is 2.95. The fourth-order valence-corrected chi connectivity index (χ4v) is 4.65. The maximum atomic E-state index is 12.9. The van der Waals surface area contributed by atoms with Gasteiger partial charge in [0, 0.05) is 25.7 Å². The van der Waals surface area contributed by atoms with Crippen LogP contribution in [0.4, 0.5) is 5.69 Å². The summed E-state index contributed by atoms with van der Waals surface area (Å²) in [6, 6.07) is 12.2. The number of carbonyl (C=O) groups is 3. The number of hydrogen-bond acceptors (Lipinski definition) is 9. The Labute approximate surface area is 218 Å². The Kier molecular flexibility index (Phi) is 8.47. The molecule has 2 amide bonds. The van der Waals surface area contributed by atoms with Crippen molar-refractivity contribution in [1.29, 1.82) is 0 Å². The van der Waals surface area contributed by atoms with Crippen LogP contribution >= 0.6 is 11.8 Å². The first-order valence-corrected chi connectivity index (χ1v) is 12.3. The van der Waals surface area contributed by atoms with Crippen LogP contribution in [0.25, 0.3) is 6.08 Å². The Balaban J connectivity index is 1.51. The van der Waals surface area contributed by atoms with E-state index in [1.807, 2.05) is 0 Å². The number of esters is 1. The molecule has 2 heterocycles. The quantitative estimate of drug-likeness (QED) is 0.401. The minimum Gasteiger partial charge on any atom is -0.493 e. The number of aliphatic imine (C=N–C) groups is 1. The number of hydrogen-bond donors (Lipinski definition) is 0. The molecule has 2 aromatic rings. The van der Waals surface area contributed by atoms with Crippen molar-refractivity contribution in [2.24, 2.45) is 4.99 Å². The van der Waals surface area contributed by atoms with Crippen LogP contribution in [0.2, 0.25) is 0 Å². The number of nitrogens with zero attached hydrogens (tertiary/aromatic N) is 3. The maximum absolute atomic E-state index is 12.9. The van der Waals surface area contributed by atoms with Gasteiger partial charge in [0.2, 0.25) is 0 Å². The molecular formula is C26H27N3O7S. The number of morpholine rings is 1. The van der Waals surface area contributed by atoms with E-state index in [1.54, 1.807) is 60.5 Å². The van der Waals surface area contributed by atoms with Gasteiger partial charge in [-0.05, 0) is 53.7 Å². The predicted molar refractivity (Wildman–Crippen MR) is 139 cm³/mol. The lowest BCUT2D eigenvalue weighted by Gasteiger charge is -2.26. The normalized spacial score (nSPS) is 17.9. The standard InChI is InChI=1S/C26H27N3O7S/c1-28-25(32)22(14-17-7-8-20(21(13-17)33-2)36-16-23(30)34-3)37-26(28)27-19-6-4-5-18(15-19)24(31)29-9-11-35-12-10-29/h4-8,13-15H,9-12,16H2,1-3H3/b22-14+,27-26?. The van der Waals surface area contributed by atoms with E-state index in [0.717, 1.165) is 0 Å². The molecule has 0 aliphatic carbocycles. The molecule has 10 nitrogen and oxygen atoms in total. The largest absolute Gasteiger partial charge is 0.493 e. The van der Waals surface area contributed by atoms with Crippen LogP contribution in [0.1, 0.15) is 15.9 Å². The van der Waals surface area contributed by atoms with E-state index in [4.69, 9.17) is 14.2 Å². The van der Waals surface area contributed by atoms with Crippen LogP contribution in [-0.2, 0) is 19.1 Å². The summed E-state index contributed by atoms with van der Waals surface area (Å²) in [5.74, 6) is 0.0211. The van der Waals surface area contributed by atoms with Gasteiger partial charge in [-0.25, -0.2) is 9.79 Å². The fraction of sp³-hybridized carbons (Fsp3) is 0.308. The van der Waals surface area contributed by atoms with Gasteiger partial charge in [0.1, 0.15) is 0 Å².